The molecule has 0 unspecified atom stereocenters. The number of ether oxygens (including phenoxy) is 1. The molecule has 2 atom stereocenters. The average molecular weight is 423 g/mol. The van der Waals surface area contributed by atoms with Crippen molar-refractivity contribution in [2.24, 2.45) is 0 Å². The second-order valence-electron chi connectivity index (χ2n) is 7.96. The van der Waals surface area contributed by atoms with Gasteiger partial charge in [-0.15, -0.1) is 11.7 Å². The Morgan fingerprint density at radius 2 is 2.03 bits per heavy atom. The molecule has 0 aliphatic carbocycles. The third-order valence-corrected chi connectivity index (χ3v) is 5.90. The van der Waals surface area contributed by atoms with Crippen LogP contribution in [0.25, 0.3) is 0 Å². The summed E-state index contributed by atoms with van der Waals surface area (Å²) in [5.74, 6) is 0.897. The summed E-state index contributed by atoms with van der Waals surface area (Å²) in [5.41, 5.74) is 1.12. The first-order valence-corrected chi connectivity index (χ1v) is 10.9. The number of benzene rings is 1. The Balaban J connectivity index is 1.45. The fraction of sp³-hybridized carbons (Fsp3) is 0.478. The zero-order chi connectivity index (χ0) is 21.5. The molecule has 164 valence electrons. The summed E-state index contributed by atoms with van der Waals surface area (Å²) in [7, 11) is 0. The van der Waals surface area contributed by atoms with Crippen LogP contribution in [0.1, 0.15) is 36.7 Å². The van der Waals surface area contributed by atoms with E-state index < -0.39 is 0 Å². The van der Waals surface area contributed by atoms with Gasteiger partial charge in [-0.2, -0.15) is 0 Å². The number of carbonyl (C=O) groups is 1. The molecule has 2 aliphatic rings. The fourth-order valence-corrected chi connectivity index (χ4v) is 4.28. The van der Waals surface area contributed by atoms with Crippen molar-refractivity contribution in [1.29, 1.82) is 0 Å². The molecule has 0 saturated carbocycles. The summed E-state index contributed by atoms with van der Waals surface area (Å²) in [4.78, 5) is 17.7. The Bertz CT molecular complexity index is 890. The van der Waals surface area contributed by atoms with Gasteiger partial charge in [-0.05, 0) is 28.8 Å². The van der Waals surface area contributed by atoms with Crippen LogP contribution in [0.15, 0.2) is 55.1 Å². The topological polar surface area (TPSA) is 76.4 Å². The highest BCUT2D eigenvalue weighted by molar-refractivity contribution is 5.77. The molecular formula is C23H30N6O2. The summed E-state index contributed by atoms with van der Waals surface area (Å²) in [5, 5.41) is 12.1. The van der Waals surface area contributed by atoms with Crippen molar-refractivity contribution < 1.29 is 9.53 Å². The number of carbonyl (C=O) groups excluding carboxylic acids is 1. The fourth-order valence-electron chi connectivity index (χ4n) is 4.28. The highest BCUT2D eigenvalue weighted by atomic mass is 16.5. The predicted octanol–water partition coefficient (Wildman–Crippen LogP) is 2.37. The summed E-state index contributed by atoms with van der Waals surface area (Å²) < 4.78 is 7.17. The molecule has 8 nitrogen and oxygen atoms in total. The minimum Gasteiger partial charge on any atom is -0.379 e. The van der Waals surface area contributed by atoms with Crippen molar-refractivity contribution >= 4 is 5.91 Å². The lowest BCUT2D eigenvalue weighted by Crippen LogP contribution is -2.44. The Kier molecular flexibility index (Phi) is 7.22. The molecule has 1 aromatic heterocycles. The van der Waals surface area contributed by atoms with Crippen LogP contribution in [-0.2, 0) is 22.6 Å². The second kappa shape index (κ2) is 10.5. The Morgan fingerprint density at radius 3 is 2.81 bits per heavy atom. The standard InChI is InChI=1S/C23H30N6O2/c1-2-7-20-10-6-11-21(19-8-4-3-5-9-19)29(20)23(30)12-13-28-22(24-25-26-28)18-27-14-16-31-17-15-27/h2-6,8-9,11,20-21H,1,7,10,12-18H2/t20-,21+/m1/s1. The van der Waals surface area contributed by atoms with E-state index in [1.807, 2.05) is 29.2 Å². The molecule has 2 aromatic rings. The summed E-state index contributed by atoms with van der Waals surface area (Å²) in [6.45, 7) is 8.23. The first-order valence-electron chi connectivity index (χ1n) is 10.9. The lowest BCUT2D eigenvalue weighted by atomic mass is 9.94. The van der Waals surface area contributed by atoms with Crippen molar-refractivity contribution in [1.82, 2.24) is 30.0 Å². The molecule has 31 heavy (non-hydrogen) atoms. The van der Waals surface area contributed by atoms with Crippen molar-refractivity contribution in [2.75, 3.05) is 26.3 Å². The first kappa shape index (κ1) is 21.4. The number of aryl methyl sites for hydroxylation is 1. The SMILES string of the molecule is C=CC[C@@H]1CC=C[C@@H](c2ccccc2)N1C(=O)CCn1nnnc1CN1CCOCC1. The molecule has 0 spiro atoms. The zero-order valence-electron chi connectivity index (χ0n) is 17.8. The molecule has 4 rings (SSSR count). The van der Waals surface area contributed by atoms with Gasteiger partial charge in [0.05, 0.1) is 32.3 Å². The lowest BCUT2D eigenvalue weighted by molar-refractivity contribution is -0.136. The first-order chi connectivity index (χ1) is 15.3. The van der Waals surface area contributed by atoms with Gasteiger partial charge in [0, 0.05) is 25.6 Å². The van der Waals surface area contributed by atoms with Crippen LogP contribution >= 0.6 is 0 Å². The van der Waals surface area contributed by atoms with Crippen LogP contribution in [0.3, 0.4) is 0 Å². The predicted molar refractivity (Wildman–Crippen MR) is 117 cm³/mol. The minimum absolute atomic E-state index is 0.0610. The van der Waals surface area contributed by atoms with Gasteiger partial charge in [-0.3, -0.25) is 9.69 Å². The van der Waals surface area contributed by atoms with Gasteiger partial charge in [-0.25, -0.2) is 4.68 Å². The number of aromatic nitrogens is 4. The van der Waals surface area contributed by atoms with Crippen LogP contribution in [-0.4, -0.2) is 68.3 Å². The number of nitrogens with zero attached hydrogens (tertiary/aromatic N) is 6. The van der Waals surface area contributed by atoms with Crippen LogP contribution in [0.4, 0.5) is 0 Å². The van der Waals surface area contributed by atoms with Crippen molar-refractivity contribution in [3.63, 3.8) is 0 Å². The van der Waals surface area contributed by atoms with E-state index >= 15 is 0 Å². The van der Waals surface area contributed by atoms with Crippen molar-refractivity contribution in [3.05, 3.63) is 66.5 Å². The monoisotopic (exact) mass is 422 g/mol. The van der Waals surface area contributed by atoms with E-state index in [0.29, 0.717) is 19.5 Å². The van der Waals surface area contributed by atoms with Gasteiger partial charge in [0.2, 0.25) is 5.91 Å². The number of tetrazole rings is 1. The maximum absolute atomic E-state index is 13.4. The third-order valence-electron chi connectivity index (χ3n) is 5.90. The van der Waals surface area contributed by atoms with Gasteiger partial charge in [0.1, 0.15) is 0 Å². The van der Waals surface area contributed by atoms with Crippen LogP contribution in [0.2, 0.25) is 0 Å². The van der Waals surface area contributed by atoms with E-state index in [-0.39, 0.29) is 18.0 Å². The number of hydrogen-bond acceptors (Lipinski definition) is 6. The molecule has 3 heterocycles. The van der Waals surface area contributed by atoms with E-state index in [4.69, 9.17) is 4.74 Å². The molecule has 1 amide bonds. The van der Waals surface area contributed by atoms with Gasteiger partial charge >= 0.3 is 0 Å². The summed E-state index contributed by atoms with van der Waals surface area (Å²) in [6, 6.07) is 10.2. The van der Waals surface area contributed by atoms with E-state index in [0.717, 1.165) is 50.5 Å². The Morgan fingerprint density at radius 1 is 1.23 bits per heavy atom. The molecule has 1 aromatic carbocycles. The maximum atomic E-state index is 13.4. The zero-order valence-corrected chi connectivity index (χ0v) is 17.8. The van der Waals surface area contributed by atoms with E-state index in [1.54, 1.807) is 4.68 Å². The normalized spacial score (nSPS) is 21.9. The average Bonchev–Trinajstić information content (AvgIpc) is 3.25. The van der Waals surface area contributed by atoms with Crippen LogP contribution in [0, 0.1) is 0 Å². The summed E-state index contributed by atoms with van der Waals surface area (Å²) >= 11 is 0. The largest absolute Gasteiger partial charge is 0.379 e. The molecule has 0 radical (unpaired) electrons. The van der Waals surface area contributed by atoms with E-state index in [2.05, 4.69) is 51.3 Å². The highest BCUT2D eigenvalue weighted by Gasteiger charge is 2.31. The number of morpholine rings is 1. The Hall–Kier alpha value is -2.84. The second-order valence-corrected chi connectivity index (χ2v) is 7.96. The van der Waals surface area contributed by atoms with E-state index in [1.165, 1.54) is 0 Å². The number of amides is 1. The van der Waals surface area contributed by atoms with Gasteiger partial charge in [0.15, 0.2) is 5.82 Å². The van der Waals surface area contributed by atoms with E-state index in [9.17, 15) is 4.79 Å². The molecule has 0 bridgehead atoms. The number of hydrogen-bond donors (Lipinski definition) is 0. The van der Waals surface area contributed by atoms with Crippen LogP contribution < -0.4 is 0 Å². The maximum Gasteiger partial charge on any atom is 0.225 e. The van der Waals surface area contributed by atoms with Crippen molar-refractivity contribution in [2.45, 2.75) is 44.4 Å². The molecule has 0 N–H and O–H groups in total. The molecule has 1 saturated heterocycles. The quantitative estimate of drug-likeness (QED) is 0.608. The molecule has 1 fully saturated rings. The lowest BCUT2D eigenvalue weighted by Gasteiger charge is -2.39. The summed E-state index contributed by atoms with van der Waals surface area (Å²) in [6.07, 6.45) is 8.17. The molecular weight excluding hydrogens is 392 g/mol. The van der Waals surface area contributed by atoms with Crippen LogP contribution in [0.5, 0.6) is 0 Å². The van der Waals surface area contributed by atoms with Crippen molar-refractivity contribution in [3.8, 4) is 0 Å². The van der Waals surface area contributed by atoms with Gasteiger partial charge in [-0.1, -0.05) is 48.6 Å². The van der Waals surface area contributed by atoms with Gasteiger partial charge in [0.25, 0.3) is 0 Å². The Labute approximate surface area is 183 Å². The molecule has 8 heteroatoms. The van der Waals surface area contributed by atoms with Gasteiger partial charge < -0.3 is 9.64 Å². The molecule has 2 aliphatic heterocycles. The number of rotatable bonds is 8. The third kappa shape index (κ3) is 5.26. The smallest absolute Gasteiger partial charge is 0.225 e. The minimum atomic E-state index is -0.0610. The highest BCUT2D eigenvalue weighted by Crippen LogP contribution is 2.32.